The summed E-state index contributed by atoms with van der Waals surface area (Å²) in [5.41, 5.74) is 2.62. The summed E-state index contributed by atoms with van der Waals surface area (Å²) in [4.78, 5) is 2.89. The van der Waals surface area contributed by atoms with Crippen LogP contribution in [0.15, 0.2) is 47.0 Å². The number of oxazole rings is 1. The molecule has 0 unspecified atom stereocenters. The fourth-order valence-electron chi connectivity index (χ4n) is 3.84. The molecule has 8 heteroatoms. The minimum atomic E-state index is 0.423. The molecular formula is C19H18ClN5OS. The molecule has 4 aromatic rings. The van der Waals surface area contributed by atoms with Crippen molar-refractivity contribution in [3.63, 3.8) is 0 Å². The Kier molecular flexibility index (Phi) is 4.22. The first-order chi connectivity index (χ1) is 13.2. The highest BCUT2D eigenvalue weighted by Gasteiger charge is 2.25. The van der Waals surface area contributed by atoms with E-state index in [1.54, 1.807) is 0 Å². The molecule has 0 amide bonds. The molecule has 0 saturated carbocycles. The number of rotatable bonds is 3. The molecule has 1 aliphatic heterocycles. The van der Waals surface area contributed by atoms with Crippen molar-refractivity contribution >= 4 is 40.6 Å². The van der Waals surface area contributed by atoms with Crippen molar-refractivity contribution in [3.8, 4) is 0 Å². The van der Waals surface area contributed by atoms with Crippen LogP contribution < -0.4 is 0 Å². The maximum Gasteiger partial charge on any atom is 0.270 e. The summed E-state index contributed by atoms with van der Waals surface area (Å²) in [5, 5.41) is 9.37. The molecule has 138 valence electrons. The quantitative estimate of drug-likeness (QED) is 0.475. The maximum atomic E-state index is 6.05. The number of benzene rings is 1. The number of fused-ring (bicyclic) bond motifs is 2. The Hall–Kier alpha value is -2.22. The van der Waals surface area contributed by atoms with E-state index in [-0.39, 0.29) is 0 Å². The summed E-state index contributed by atoms with van der Waals surface area (Å²) in [6, 6.07) is 11.6. The summed E-state index contributed by atoms with van der Waals surface area (Å²) in [7, 11) is 0. The summed E-state index contributed by atoms with van der Waals surface area (Å²) in [6.07, 6.45) is 4.13. The molecule has 6 nitrogen and oxygen atoms in total. The van der Waals surface area contributed by atoms with Gasteiger partial charge in [-0.15, -0.1) is 10.2 Å². The van der Waals surface area contributed by atoms with Gasteiger partial charge in [0.2, 0.25) is 0 Å². The van der Waals surface area contributed by atoms with E-state index >= 15 is 0 Å². The first-order valence-corrected chi connectivity index (χ1v) is 9.78. The van der Waals surface area contributed by atoms with Crippen LogP contribution in [0.2, 0.25) is 5.02 Å². The summed E-state index contributed by atoms with van der Waals surface area (Å²) >= 11 is 11.5. The topological polar surface area (TPSA) is 51.5 Å². The van der Waals surface area contributed by atoms with Gasteiger partial charge in [0.15, 0.2) is 11.2 Å². The lowest BCUT2D eigenvalue weighted by Crippen LogP contribution is -2.34. The van der Waals surface area contributed by atoms with E-state index in [4.69, 9.17) is 28.2 Å². The smallest absolute Gasteiger partial charge is 0.270 e. The average molecular weight is 400 g/mol. The zero-order valence-electron chi connectivity index (χ0n) is 14.6. The average Bonchev–Trinajstić information content (AvgIpc) is 3.23. The van der Waals surface area contributed by atoms with Crippen molar-refractivity contribution in [2.75, 3.05) is 13.1 Å². The number of nitrogens with zero attached hydrogens (tertiary/aromatic N) is 5. The molecule has 1 aliphatic rings. The van der Waals surface area contributed by atoms with E-state index in [9.17, 15) is 0 Å². The lowest BCUT2D eigenvalue weighted by atomic mass is 9.96. The molecule has 0 atom stereocenters. The van der Waals surface area contributed by atoms with Gasteiger partial charge in [0.25, 0.3) is 4.84 Å². The highest BCUT2D eigenvalue weighted by molar-refractivity contribution is 7.71. The molecule has 1 aromatic carbocycles. The van der Waals surface area contributed by atoms with E-state index < -0.39 is 0 Å². The Morgan fingerprint density at radius 3 is 2.85 bits per heavy atom. The fraction of sp³-hybridized carbons (Fsp3) is 0.316. The maximum absolute atomic E-state index is 6.05. The monoisotopic (exact) mass is 399 g/mol. The highest BCUT2D eigenvalue weighted by atomic mass is 35.5. The number of hydrogen-bond acceptors (Lipinski definition) is 5. The fourth-order valence-corrected chi connectivity index (χ4v) is 4.25. The SMILES string of the molecule is S=c1oc2cc(Cl)ccc2n1CN1CCC(c2nnc3ccccn23)CC1. The molecule has 1 fully saturated rings. The molecule has 0 bridgehead atoms. The molecule has 1 saturated heterocycles. The number of hydrogen-bond donors (Lipinski definition) is 0. The molecule has 0 aliphatic carbocycles. The first kappa shape index (κ1) is 16.9. The zero-order chi connectivity index (χ0) is 18.4. The van der Waals surface area contributed by atoms with E-state index in [0.29, 0.717) is 15.8 Å². The minimum Gasteiger partial charge on any atom is -0.429 e. The molecule has 27 heavy (non-hydrogen) atoms. The van der Waals surface area contributed by atoms with Gasteiger partial charge in [-0.25, -0.2) is 0 Å². The Balaban J connectivity index is 1.33. The van der Waals surface area contributed by atoms with Crippen LogP contribution in [0.3, 0.4) is 0 Å². The van der Waals surface area contributed by atoms with Gasteiger partial charge in [-0.3, -0.25) is 13.9 Å². The van der Waals surface area contributed by atoms with Crippen LogP contribution in [0.4, 0.5) is 0 Å². The second kappa shape index (κ2) is 6.74. The summed E-state index contributed by atoms with van der Waals surface area (Å²) < 4.78 is 9.83. The van der Waals surface area contributed by atoms with Gasteiger partial charge in [-0.05, 0) is 49.3 Å². The molecule has 0 radical (unpaired) electrons. The minimum absolute atomic E-state index is 0.423. The Morgan fingerprint density at radius 2 is 2.00 bits per heavy atom. The number of likely N-dealkylation sites (tertiary alicyclic amines) is 1. The Labute approximate surface area is 166 Å². The van der Waals surface area contributed by atoms with Crippen molar-refractivity contribution in [3.05, 3.63) is 58.3 Å². The lowest BCUT2D eigenvalue weighted by Gasteiger charge is -2.31. The largest absolute Gasteiger partial charge is 0.429 e. The number of halogens is 1. The lowest BCUT2D eigenvalue weighted by molar-refractivity contribution is 0.166. The van der Waals surface area contributed by atoms with Crippen LogP contribution in [0.5, 0.6) is 0 Å². The molecule has 5 rings (SSSR count). The van der Waals surface area contributed by atoms with Gasteiger partial charge >= 0.3 is 0 Å². The second-order valence-electron chi connectivity index (χ2n) is 6.93. The molecule has 3 aromatic heterocycles. The number of piperidine rings is 1. The number of aromatic nitrogens is 4. The highest BCUT2D eigenvalue weighted by Crippen LogP contribution is 2.28. The molecule has 4 heterocycles. The Bertz CT molecular complexity index is 1170. The third kappa shape index (κ3) is 3.05. The molecular weight excluding hydrogens is 382 g/mol. The van der Waals surface area contributed by atoms with Crippen molar-refractivity contribution in [2.24, 2.45) is 0 Å². The van der Waals surface area contributed by atoms with Crippen molar-refractivity contribution in [2.45, 2.75) is 25.4 Å². The molecule has 0 spiro atoms. The van der Waals surface area contributed by atoms with Gasteiger partial charge in [0, 0.05) is 36.3 Å². The van der Waals surface area contributed by atoms with Crippen LogP contribution in [0, 0.1) is 4.84 Å². The van der Waals surface area contributed by atoms with Gasteiger partial charge in [-0.1, -0.05) is 17.7 Å². The van der Waals surface area contributed by atoms with Gasteiger partial charge in [0.05, 0.1) is 12.2 Å². The van der Waals surface area contributed by atoms with Crippen LogP contribution in [0.25, 0.3) is 16.7 Å². The van der Waals surface area contributed by atoms with Crippen LogP contribution in [0.1, 0.15) is 24.6 Å². The number of pyridine rings is 1. The van der Waals surface area contributed by atoms with Crippen molar-refractivity contribution < 1.29 is 4.42 Å². The third-order valence-corrected chi connectivity index (χ3v) is 5.80. The van der Waals surface area contributed by atoms with Crippen molar-refractivity contribution in [1.82, 2.24) is 24.1 Å². The van der Waals surface area contributed by atoms with E-state index in [1.165, 1.54) is 0 Å². The predicted octanol–water partition coefficient (Wildman–Crippen LogP) is 4.50. The van der Waals surface area contributed by atoms with E-state index in [1.807, 2.05) is 47.2 Å². The zero-order valence-corrected chi connectivity index (χ0v) is 16.2. The summed E-state index contributed by atoms with van der Waals surface area (Å²) in [6.45, 7) is 2.68. The van der Waals surface area contributed by atoms with Gasteiger partial charge in [0.1, 0.15) is 5.82 Å². The van der Waals surface area contributed by atoms with Crippen molar-refractivity contribution in [1.29, 1.82) is 0 Å². The summed E-state index contributed by atoms with van der Waals surface area (Å²) in [5.74, 6) is 1.48. The van der Waals surface area contributed by atoms with Crippen LogP contribution in [-0.4, -0.2) is 37.2 Å². The first-order valence-electron chi connectivity index (χ1n) is 9.00. The van der Waals surface area contributed by atoms with Crippen LogP contribution in [-0.2, 0) is 6.67 Å². The van der Waals surface area contributed by atoms with Gasteiger partial charge in [-0.2, -0.15) is 0 Å². The van der Waals surface area contributed by atoms with Crippen LogP contribution >= 0.6 is 23.8 Å². The van der Waals surface area contributed by atoms with E-state index in [2.05, 4.69) is 19.5 Å². The second-order valence-corrected chi connectivity index (χ2v) is 7.71. The third-order valence-electron chi connectivity index (χ3n) is 5.26. The van der Waals surface area contributed by atoms with Gasteiger partial charge < -0.3 is 4.42 Å². The Morgan fingerprint density at radius 1 is 1.15 bits per heavy atom. The molecule has 0 N–H and O–H groups in total. The standard InChI is InChI=1S/C19H18ClN5OS/c20-14-4-5-15-16(11-14)26-19(27)25(15)12-23-9-6-13(7-10-23)18-22-21-17-3-1-2-8-24(17)18/h1-5,8,11,13H,6-7,9-10,12H2. The van der Waals surface area contributed by atoms with E-state index in [0.717, 1.165) is 55.2 Å². The predicted molar refractivity (Wildman–Crippen MR) is 107 cm³/mol. The normalized spacial score (nSPS) is 16.5.